The van der Waals surface area contributed by atoms with Crippen molar-refractivity contribution < 1.29 is 18.3 Å². The van der Waals surface area contributed by atoms with E-state index in [4.69, 9.17) is 9.47 Å². The Balaban J connectivity index is 1.84. The highest BCUT2D eigenvalue weighted by molar-refractivity contribution is 9.10. The van der Waals surface area contributed by atoms with Crippen molar-refractivity contribution in [1.82, 2.24) is 19.5 Å². The number of hydrogen-bond donors (Lipinski definition) is 0. The summed E-state index contributed by atoms with van der Waals surface area (Å²) >= 11 is 3.18. The van der Waals surface area contributed by atoms with E-state index in [1.165, 1.54) is 23.9 Å². The molecule has 0 spiro atoms. The van der Waals surface area contributed by atoms with Crippen LogP contribution < -0.4 is 15.0 Å². The molecular formula is C18H15BrF2N4O3. The number of methoxy groups -OCH3 is 1. The molecule has 10 heteroatoms. The predicted molar refractivity (Wildman–Crippen MR) is 99.3 cm³/mol. The Hall–Kier alpha value is -2.88. The molecule has 0 N–H and O–H groups in total. The molecule has 3 rings (SSSR count). The van der Waals surface area contributed by atoms with Gasteiger partial charge in [0.05, 0.1) is 19.3 Å². The smallest absolute Gasteiger partial charge is 0.316 e. The third-order valence-electron chi connectivity index (χ3n) is 3.85. The van der Waals surface area contributed by atoms with Crippen molar-refractivity contribution >= 4 is 15.9 Å². The van der Waals surface area contributed by atoms with Crippen LogP contribution >= 0.6 is 15.9 Å². The van der Waals surface area contributed by atoms with Crippen molar-refractivity contribution in [2.75, 3.05) is 7.11 Å². The largest absolute Gasteiger partial charge is 0.472 e. The molecule has 0 bridgehead atoms. The van der Waals surface area contributed by atoms with Crippen molar-refractivity contribution in [3.05, 3.63) is 74.0 Å². The second kappa shape index (κ2) is 8.42. The minimum atomic E-state index is -0.737. The summed E-state index contributed by atoms with van der Waals surface area (Å²) in [5.41, 5.74) is 0.317. The maximum absolute atomic E-state index is 13.7. The standard InChI is InChI=1S/C18H15BrF2N4O3/c1-10-23-16(28-9-11-3-4-12(20)7-14(11)21)15(19)17(26)25(10)8-13-5-6-22-18(24-13)27-2/h3-7H,8-9H2,1-2H3. The lowest BCUT2D eigenvalue weighted by molar-refractivity contribution is 0.282. The molecule has 0 aliphatic heterocycles. The molecule has 146 valence electrons. The highest BCUT2D eigenvalue weighted by Crippen LogP contribution is 2.21. The second-order valence-electron chi connectivity index (χ2n) is 5.73. The Morgan fingerprint density at radius 1 is 1.21 bits per heavy atom. The highest BCUT2D eigenvalue weighted by Gasteiger charge is 2.16. The van der Waals surface area contributed by atoms with Crippen molar-refractivity contribution in [1.29, 1.82) is 0 Å². The van der Waals surface area contributed by atoms with E-state index >= 15 is 0 Å². The first-order valence-corrected chi connectivity index (χ1v) is 8.88. The first-order valence-electron chi connectivity index (χ1n) is 8.08. The lowest BCUT2D eigenvalue weighted by Gasteiger charge is -2.13. The Morgan fingerprint density at radius 3 is 2.71 bits per heavy atom. The van der Waals surface area contributed by atoms with Crippen LogP contribution in [-0.2, 0) is 13.2 Å². The summed E-state index contributed by atoms with van der Waals surface area (Å²) in [6.07, 6.45) is 1.53. The van der Waals surface area contributed by atoms with Gasteiger partial charge in [-0.2, -0.15) is 9.97 Å². The molecule has 0 amide bonds. The van der Waals surface area contributed by atoms with E-state index in [0.29, 0.717) is 11.5 Å². The molecule has 0 aliphatic carbocycles. The normalized spacial score (nSPS) is 10.8. The van der Waals surface area contributed by atoms with Gasteiger partial charge in [0.2, 0.25) is 5.88 Å². The summed E-state index contributed by atoms with van der Waals surface area (Å²) in [6.45, 7) is 1.59. The lowest BCUT2D eigenvalue weighted by atomic mass is 10.2. The third-order valence-corrected chi connectivity index (χ3v) is 4.53. The van der Waals surface area contributed by atoms with Crippen LogP contribution in [0.3, 0.4) is 0 Å². The summed E-state index contributed by atoms with van der Waals surface area (Å²) in [6, 6.07) is 5.01. The van der Waals surface area contributed by atoms with Crippen molar-refractivity contribution in [2.24, 2.45) is 0 Å². The van der Waals surface area contributed by atoms with Crippen LogP contribution in [0.5, 0.6) is 11.9 Å². The van der Waals surface area contributed by atoms with Gasteiger partial charge < -0.3 is 9.47 Å². The molecule has 7 nitrogen and oxygen atoms in total. The molecule has 0 saturated carbocycles. The van der Waals surface area contributed by atoms with E-state index in [1.54, 1.807) is 13.0 Å². The van der Waals surface area contributed by atoms with E-state index in [2.05, 4.69) is 30.9 Å². The molecular weight excluding hydrogens is 438 g/mol. The second-order valence-corrected chi connectivity index (χ2v) is 6.52. The van der Waals surface area contributed by atoms with Gasteiger partial charge in [-0.15, -0.1) is 0 Å². The topological polar surface area (TPSA) is 79.1 Å². The number of nitrogens with zero attached hydrogens (tertiary/aromatic N) is 4. The zero-order valence-electron chi connectivity index (χ0n) is 14.9. The van der Waals surface area contributed by atoms with E-state index in [9.17, 15) is 13.6 Å². The van der Waals surface area contributed by atoms with Gasteiger partial charge in [-0.05, 0) is 41.1 Å². The van der Waals surface area contributed by atoms with Gasteiger partial charge in [0.15, 0.2) is 0 Å². The fraction of sp³-hybridized carbons (Fsp3) is 0.222. The van der Waals surface area contributed by atoms with E-state index in [1.807, 2.05) is 0 Å². The fourth-order valence-corrected chi connectivity index (χ4v) is 2.82. The number of aryl methyl sites for hydroxylation is 1. The monoisotopic (exact) mass is 452 g/mol. The Morgan fingerprint density at radius 2 is 2.00 bits per heavy atom. The fourth-order valence-electron chi connectivity index (χ4n) is 2.40. The summed E-state index contributed by atoms with van der Waals surface area (Å²) in [5, 5.41) is 0. The van der Waals surface area contributed by atoms with Gasteiger partial charge in [0.25, 0.3) is 5.56 Å². The molecule has 2 heterocycles. The van der Waals surface area contributed by atoms with Crippen LogP contribution in [-0.4, -0.2) is 26.6 Å². The van der Waals surface area contributed by atoms with Gasteiger partial charge in [0, 0.05) is 17.8 Å². The Bertz CT molecular complexity index is 1080. The van der Waals surface area contributed by atoms with Crippen molar-refractivity contribution in [2.45, 2.75) is 20.1 Å². The minimum Gasteiger partial charge on any atom is -0.472 e. The molecule has 1 aromatic carbocycles. The van der Waals surface area contributed by atoms with E-state index in [0.717, 1.165) is 12.1 Å². The van der Waals surface area contributed by atoms with Crippen LogP contribution in [0.15, 0.2) is 39.7 Å². The van der Waals surface area contributed by atoms with Crippen LogP contribution in [0.2, 0.25) is 0 Å². The Kier molecular flexibility index (Phi) is 5.98. The molecule has 3 aromatic rings. The summed E-state index contributed by atoms with van der Waals surface area (Å²) < 4.78 is 38.7. The molecule has 0 fully saturated rings. The quantitative estimate of drug-likeness (QED) is 0.571. The SMILES string of the molecule is COc1nccc(Cn2c(C)nc(OCc3ccc(F)cc3F)c(Br)c2=O)n1. The maximum Gasteiger partial charge on any atom is 0.316 e. The average molecular weight is 453 g/mol. The number of hydrogen-bond acceptors (Lipinski definition) is 6. The number of rotatable bonds is 6. The zero-order chi connectivity index (χ0) is 20.3. The third kappa shape index (κ3) is 4.33. The molecule has 28 heavy (non-hydrogen) atoms. The summed E-state index contributed by atoms with van der Waals surface area (Å²) in [7, 11) is 1.45. The van der Waals surface area contributed by atoms with Gasteiger partial charge in [-0.1, -0.05) is 0 Å². The summed E-state index contributed by atoms with van der Waals surface area (Å²) in [5.74, 6) is -1.03. The molecule has 2 aromatic heterocycles. The summed E-state index contributed by atoms with van der Waals surface area (Å²) in [4.78, 5) is 25.0. The zero-order valence-corrected chi connectivity index (χ0v) is 16.5. The van der Waals surface area contributed by atoms with Gasteiger partial charge in [-0.3, -0.25) is 9.36 Å². The van der Waals surface area contributed by atoms with E-state index in [-0.39, 0.29) is 40.6 Å². The van der Waals surface area contributed by atoms with Crippen LogP contribution in [0.1, 0.15) is 17.1 Å². The number of benzene rings is 1. The van der Waals surface area contributed by atoms with Crippen LogP contribution in [0.25, 0.3) is 0 Å². The predicted octanol–water partition coefficient (Wildman–Crippen LogP) is 3.02. The highest BCUT2D eigenvalue weighted by atomic mass is 79.9. The first-order chi connectivity index (χ1) is 13.4. The van der Waals surface area contributed by atoms with Crippen LogP contribution in [0, 0.1) is 18.6 Å². The molecule has 0 saturated heterocycles. The number of aromatic nitrogens is 4. The van der Waals surface area contributed by atoms with Gasteiger partial charge in [-0.25, -0.2) is 13.8 Å². The van der Waals surface area contributed by atoms with Crippen molar-refractivity contribution in [3.8, 4) is 11.9 Å². The lowest BCUT2D eigenvalue weighted by Crippen LogP contribution is -2.26. The number of halogens is 3. The van der Waals surface area contributed by atoms with Gasteiger partial charge in [0.1, 0.15) is 28.5 Å². The van der Waals surface area contributed by atoms with Gasteiger partial charge >= 0.3 is 6.01 Å². The average Bonchev–Trinajstić information content (AvgIpc) is 2.68. The van der Waals surface area contributed by atoms with Crippen molar-refractivity contribution in [3.63, 3.8) is 0 Å². The van der Waals surface area contributed by atoms with Crippen LogP contribution in [0.4, 0.5) is 8.78 Å². The first kappa shape index (κ1) is 19.9. The Labute approximate surface area is 167 Å². The molecule has 0 unspecified atom stereocenters. The van der Waals surface area contributed by atoms with E-state index < -0.39 is 11.6 Å². The maximum atomic E-state index is 13.7. The molecule has 0 radical (unpaired) electrons. The minimum absolute atomic E-state index is 0.0164. The molecule has 0 aliphatic rings. The number of ether oxygens (including phenoxy) is 2. The molecule has 0 atom stereocenters.